The van der Waals surface area contributed by atoms with E-state index in [1.54, 1.807) is 0 Å². The highest BCUT2D eigenvalue weighted by Gasteiger charge is 2.13. The molecule has 0 fully saturated rings. The molecule has 122 valence electrons. The first-order valence-corrected chi connectivity index (χ1v) is 9.67. The summed E-state index contributed by atoms with van der Waals surface area (Å²) in [5.41, 5.74) is 0. The van der Waals surface area contributed by atoms with Crippen LogP contribution in [0.4, 0.5) is 0 Å². The van der Waals surface area contributed by atoms with Gasteiger partial charge < -0.3 is 0 Å². The topological polar surface area (TPSA) is 0 Å². The maximum absolute atomic E-state index is 2.45. The summed E-state index contributed by atoms with van der Waals surface area (Å²) >= 11 is 0. The summed E-state index contributed by atoms with van der Waals surface area (Å²) < 4.78 is 0. The number of rotatable bonds is 14. The van der Waals surface area contributed by atoms with Gasteiger partial charge in [0.25, 0.3) is 0 Å². The molecule has 0 aliphatic rings. The van der Waals surface area contributed by atoms with Gasteiger partial charge in [0.15, 0.2) is 0 Å². The van der Waals surface area contributed by atoms with Crippen LogP contribution in [0.3, 0.4) is 0 Å². The van der Waals surface area contributed by atoms with E-state index in [1.165, 1.54) is 77.0 Å². The fourth-order valence-electron chi connectivity index (χ4n) is 3.72. The third-order valence-electron chi connectivity index (χ3n) is 4.92. The lowest BCUT2D eigenvalue weighted by Gasteiger charge is -2.22. The van der Waals surface area contributed by atoms with E-state index >= 15 is 0 Å². The summed E-state index contributed by atoms with van der Waals surface area (Å²) in [6.45, 7) is 11.8. The Bertz CT molecular complexity index is 178. The minimum Gasteiger partial charge on any atom is -0.0654 e. The van der Waals surface area contributed by atoms with Crippen molar-refractivity contribution in [3.63, 3.8) is 0 Å². The number of hydrogen-bond donors (Lipinski definition) is 0. The normalized spacial score (nSPS) is 14.7. The van der Waals surface area contributed by atoms with Crippen molar-refractivity contribution in [2.24, 2.45) is 17.8 Å². The fourth-order valence-corrected chi connectivity index (χ4v) is 3.72. The molecule has 2 atom stereocenters. The molecular weight excluding hydrogens is 240 g/mol. The van der Waals surface area contributed by atoms with E-state index in [9.17, 15) is 0 Å². The molecule has 0 rings (SSSR count). The van der Waals surface area contributed by atoms with Crippen LogP contribution in [0.25, 0.3) is 0 Å². The van der Waals surface area contributed by atoms with E-state index in [0.29, 0.717) is 0 Å². The van der Waals surface area contributed by atoms with E-state index in [1.807, 2.05) is 0 Å². The van der Waals surface area contributed by atoms with E-state index in [-0.39, 0.29) is 0 Å². The summed E-state index contributed by atoms with van der Waals surface area (Å²) in [4.78, 5) is 0. The molecule has 0 aliphatic carbocycles. The van der Waals surface area contributed by atoms with Crippen molar-refractivity contribution in [3.05, 3.63) is 0 Å². The lowest BCUT2D eigenvalue weighted by atomic mass is 9.84. The summed E-state index contributed by atoms with van der Waals surface area (Å²) in [5, 5.41) is 0. The maximum atomic E-state index is 2.45. The zero-order valence-electron chi connectivity index (χ0n) is 15.2. The van der Waals surface area contributed by atoms with Crippen LogP contribution in [0.5, 0.6) is 0 Å². The molecule has 0 heterocycles. The van der Waals surface area contributed by atoms with Crippen LogP contribution in [0, 0.1) is 17.8 Å². The molecule has 2 unspecified atom stereocenters. The first-order chi connectivity index (χ1) is 9.67. The smallest absolute Gasteiger partial charge is 0.0414 e. The van der Waals surface area contributed by atoms with E-state index < -0.39 is 0 Å². The molecule has 0 radical (unpaired) electrons. The van der Waals surface area contributed by atoms with Gasteiger partial charge in [-0.25, -0.2) is 0 Å². The maximum Gasteiger partial charge on any atom is -0.0414 e. The largest absolute Gasteiger partial charge is 0.0654 e. The van der Waals surface area contributed by atoms with Crippen LogP contribution in [-0.2, 0) is 0 Å². The van der Waals surface area contributed by atoms with Crippen molar-refractivity contribution in [1.82, 2.24) is 0 Å². The first kappa shape index (κ1) is 20.0. The molecule has 0 aromatic carbocycles. The van der Waals surface area contributed by atoms with Gasteiger partial charge in [0.05, 0.1) is 0 Å². The van der Waals surface area contributed by atoms with Gasteiger partial charge in [0.2, 0.25) is 0 Å². The van der Waals surface area contributed by atoms with Crippen molar-refractivity contribution < 1.29 is 0 Å². The Kier molecular flexibility index (Phi) is 14.0. The minimum atomic E-state index is 0.946. The summed E-state index contributed by atoms with van der Waals surface area (Å²) in [7, 11) is 0. The van der Waals surface area contributed by atoms with Crippen LogP contribution in [0.15, 0.2) is 0 Å². The van der Waals surface area contributed by atoms with Gasteiger partial charge in [0.1, 0.15) is 0 Å². The average molecular weight is 283 g/mol. The Hall–Kier alpha value is 0. The molecule has 0 saturated heterocycles. The van der Waals surface area contributed by atoms with Crippen LogP contribution < -0.4 is 0 Å². The molecule has 0 amide bonds. The Balaban J connectivity index is 4.03. The summed E-state index contributed by atoms with van der Waals surface area (Å²) in [6.07, 6.45) is 17.2. The molecule has 0 aliphatic heterocycles. The second kappa shape index (κ2) is 14.0. The third kappa shape index (κ3) is 10.7. The monoisotopic (exact) mass is 282 g/mol. The van der Waals surface area contributed by atoms with Crippen molar-refractivity contribution in [3.8, 4) is 0 Å². The lowest BCUT2D eigenvalue weighted by Crippen LogP contribution is -2.08. The highest BCUT2D eigenvalue weighted by molar-refractivity contribution is 4.66. The van der Waals surface area contributed by atoms with Gasteiger partial charge in [-0.15, -0.1) is 0 Å². The summed E-state index contributed by atoms with van der Waals surface area (Å²) in [5.74, 6) is 2.97. The zero-order valence-corrected chi connectivity index (χ0v) is 15.2. The van der Waals surface area contributed by atoms with Crippen molar-refractivity contribution >= 4 is 0 Å². The molecule has 0 nitrogen and oxygen atoms in total. The van der Waals surface area contributed by atoms with Gasteiger partial charge in [-0.1, -0.05) is 112 Å². The highest BCUT2D eigenvalue weighted by atomic mass is 14.2. The third-order valence-corrected chi connectivity index (χ3v) is 4.92. The van der Waals surface area contributed by atoms with E-state index in [4.69, 9.17) is 0 Å². The minimum absolute atomic E-state index is 0.946. The molecule has 0 aromatic heterocycles. The van der Waals surface area contributed by atoms with Crippen molar-refractivity contribution in [2.45, 2.75) is 112 Å². The Morgan fingerprint density at radius 3 is 1.20 bits per heavy atom. The van der Waals surface area contributed by atoms with Crippen LogP contribution >= 0.6 is 0 Å². The first-order valence-electron chi connectivity index (χ1n) is 9.67. The molecule has 0 spiro atoms. The zero-order chi connectivity index (χ0) is 15.2. The molecule has 20 heavy (non-hydrogen) atoms. The van der Waals surface area contributed by atoms with Gasteiger partial charge in [-0.3, -0.25) is 0 Å². The van der Waals surface area contributed by atoms with Crippen molar-refractivity contribution in [2.75, 3.05) is 0 Å². The van der Waals surface area contributed by atoms with Crippen LogP contribution in [0.1, 0.15) is 112 Å². The van der Waals surface area contributed by atoms with Crippen LogP contribution in [0.2, 0.25) is 0 Å². The second-order valence-electron chi connectivity index (χ2n) is 7.15. The predicted molar refractivity (Wildman–Crippen MR) is 94.2 cm³/mol. The van der Waals surface area contributed by atoms with Gasteiger partial charge in [-0.2, -0.15) is 0 Å². The van der Waals surface area contributed by atoms with Crippen molar-refractivity contribution in [1.29, 1.82) is 0 Å². The summed E-state index contributed by atoms with van der Waals surface area (Å²) in [6, 6.07) is 0. The molecule has 0 aromatic rings. The van der Waals surface area contributed by atoms with E-state index in [2.05, 4.69) is 34.6 Å². The van der Waals surface area contributed by atoms with Gasteiger partial charge >= 0.3 is 0 Å². The molecule has 0 heteroatoms. The second-order valence-corrected chi connectivity index (χ2v) is 7.15. The Labute approximate surface area is 130 Å². The molecular formula is C20H42. The molecule has 0 N–H and O–H groups in total. The molecule has 0 bridgehead atoms. The average Bonchev–Trinajstić information content (AvgIpc) is 2.42. The van der Waals surface area contributed by atoms with Gasteiger partial charge in [0, 0.05) is 0 Å². The SMILES string of the molecule is CCCC(C)CCC(CCC)CCC(CCC)CCC. The Morgan fingerprint density at radius 1 is 0.450 bits per heavy atom. The molecule has 0 saturated carbocycles. The quantitative estimate of drug-likeness (QED) is 0.307. The van der Waals surface area contributed by atoms with Gasteiger partial charge in [-0.05, 0) is 17.8 Å². The lowest BCUT2D eigenvalue weighted by molar-refractivity contribution is 0.309. The fraction of sp³-hybridized carbons (Fsp3) is 1.00. The standard InChI is InChI=1S/C20H42/c1-6-10-18(5)14-15-20(13-9-4)17-16-19(11-7-2)12-8-3/h18-20H,6-17H2,1-5H3. The van der Waals surface area contributed by atoms with Crippen LogP contribution in [-0.4, -0.2) is 0 Å². The van der Waals surface area contributed by atoms with E-state index in [0.717, 1.165) is 17.8 Å². The predicted octanol–water partition coefficient (Wildman–Crippen LogP) is 7.62. The highest BCUT2D eigenvalue weighted by Crippen LogP contribution is 2.28. The Morgan fingerprint density at radius 2 is 0.800 bits per heavy atom. The number of hydrogen-bond acceptors (Lipinski definition) is 0.